The summed E-state index contributed by atoms with van der Waals surface area (Å²) in [6.07, 6.45) is -4.70. The highest BCUT2D eigenvalue weighted by Gasteiger charge is 2.32. The van der Waals surface area contributed by atoms with Crippen molar-refractivity contribution in [1.82, 2.24) is 4.98 Å². The van der Waals surface area contributed by atoms with Crippen LogP contribution in [0, 0.1) is 11.6 Å². The first-order valence-corrected chi connectivity index (χ1v) is 9.68. The number of hydrogen-bond donors (Lipinski definition) is 1. The van der Waals surface area contributed by atoms with Crippen molar-refractivity contribution in [2.45, 2.75) is 12.7 Å². The first-order chi connectivity index (χ1) is 15.6. The van der Waals surface area contributed by atoms with Crippen molar-refractivity contribution < 1.29 is 26.7 Å². The number of carbonyl (C=O) groups excluding carboxylic acids is 1. The van der Waals surface area contributed by atoms with E-state index in [0.717, 1.165) is 35.2 Å². The summed E-state index contributed by atoms with van der Waals surface area (Å²) in [5.41, 5.74) is -2.20. The van der Waals surface area contributed by atoms with Gasteiger partial charge in [0.2, 0.25) is 0 Å². The highest BCUT2D eigenvalue weighted by molar-refractivity contribution is 6.07. The second-order valence-electron chi connectivity index (χ2n) is 7.27. The molecule has 0 bridgehead atoms. The SMILES string of the molecule is O=C(c1cc2ccccc2[nH]c1=O)N(Cc1cc(F)ccc1F)c1cccc(C(F)(F)F)c1. The maximum atomic E-state index is 14.3. The Kier molecular flexibility index (Phi) is 5.71. The number of rotatable bonds is 4. The molecule has 1 heterocycles. The van der Waals surface area contributed by atoms with E-state index < -0.39 is 41.4 Å². The number of nitrogens with one attached hydrogen (secondary N) is 1. The van der Waals surface area contributed by atoms with Gasteiger partial charge in [0.15, 0.2) is 0 Å². The standard InChI is InChI=1S/C24H15F5N2O2/c25-17-8-9-20(26)15(10-17)13-31(18-6-3-5-16(12-18)24(27,28)29)23(33)19-11-14-4-1-2-7-21(14)30-22(19)32/h1-12H,13H2,(H,30,32). The summed E-state index contributed by atoms with van der Waals surface area (Å²) >= 11 is 0. The number of para-hydroxylation sites is 1. The number of H-pyrrole nitrogens is 1. The molecule has 0 aliphatic heterocycles. The van der Waals surface area contributed by atoms with Gasteiger partial charge in [-0.3, -0.25) is 9.59 Å². The number of pyridine rings is 1. The van der Waals surface area contributed by atoms with Crippen LogP contribution in [0.25, 0.3) is 10.9 Å². The fraction of sp³-hybridized carbons (Fsp3) is 0.0833. The minimum absolute atomic E-state index is 0.231. The maximum absolute atomic E-state index is 14.3. The predicted molar refractivity (Wildman–Crippen MR) is 113 cm³/mol. The minimum atomic E-state index is -4.70. The molecule has 4 nitrogen and oxygen atoms in total. The number of halogens is 5. The van der Waals surface area contributed by atoms with Crippen molar-refractivity contribution >= 4 is 22.5 Å². The monoisotopic (exact) mass is 458 g/mol. The summed E-state index contributed by atoms with van der Waals surface area (Å²) < 4.78 is 67.8. The lowest BCUT2D eigenvalue weighted by Crippen LogP contribution is -2.35. The van der Waals surface area contributed by atoms with Gasteiger partial charge in [-0.2, -0.15) is 13.2 Å². The fourth-order valence-electron chi connectivity index (χ4n) is 3.42. The van der Waals surface area contributed by atoms with E-state index in [2.05, 4.69) is 4.98 Å². The number of amides is 1. The molecule has 0 unspecified atom stereocenters. The van der Waals surface area contributed by atoms with E-state index in [-0.39, 0.29) is 16.8 Å². The molecule has 4 rings (SSSR count). The average molecular weight is 458 g/mol. The van der Waals surface area contributed by atoms with Crippen LogP contribution in [0.1, 0.15) is 21.5 Å². The molecular weight excluding hydrogens is 443 g/mol. The Hall–Kier alpha value is -4.01. The molecule has 0 saturated carbocycles. The normalized spacial score (nSPS) is 11.5. The Labute approximate surface area is 183 Å². The number of aromatic nitrogens is 1. The van der Waals surface area contributed by atoms with E-state index >= 15 is 0 Å². The molecule has 0 aliphatic carbocycles. The van der Waals surface area contributed by atoms with E-state index in [1.54, 1.807) is 24.3 Å². The van der Waals surface area contributed by atoms with Crippen LogP contribution in [0.3, 0.4) is 0 Å². The molecule has 0 spiro atoms. The van der Waals surface area contributed by atoms with Gasteiger partial charge in [-0.1, -0.05) is 24.3 Å². The Bertz CT molecular complexity index is 1410. The van der Waals surface area contributed by atoms with Crippen molar-refractivity contribution in [2.75, 3.05) is 4.90 Å². The van der Waals surface area contributed by atoms with Crippen molar-refractivity contribution in [2.24, 2.45) is 0 Å². The number of alkyl halides is 3. The smallest absolute Gasteiger partial charge is 0.321 e. The zero-order valence-electron chi connectivity index (χ0n) is 16.8. The lowest BCUT2D eigenvalue weighted by Gasteiger charge is -2.24. The zero-order valence-corrected chi connectivity index (χ0v) is 16.8. The van der Waals surface area contributed by atoms with Crippen molar-refractivity contribution in [3.8, 4) is 0 Å². The lowest BCUT2D eigenvalue weighted by atomic mass is 10.1. The number of aromatic amines is 1. The van der Waals surface area contributed by atoms with Gasteiger partial charge in [0, 0.05) is 16.8 Å². The molecule has 3 aromatic carbocycles. The topological polar surface area (TPSA) is 53.2 Å². The van der Waals surface area contributed by atoms with Gasteiger partial charge in [-0.05, 0) is 53.9 Å². The Morgan fingerprint density at radius 2 is 1.67 bits per heavy atom. The zero-order chi connectivity index (χ0) is 23.8. The van der Waals surface area contributed by atoms with Crippen LogP contribution < -0.4 is 10.5 Å². The number of fused-ring (bicyclic) bond motifs is 1. The molecule has 4 aromatic rings. The molecule has 0 aliphatic rings. The first kappa shape index (κ1) is 22.2. The third kappa shape index (κ3) is 4.62. The molecule has 0 fully saturated rings. The molecule has 1 N–H and O–H groups in total. The fourth-order valence-corrected chi connectivity index (χ4v) is 3.42. The largest absolute Gasteiger partial charge is 0.416 e. The van der Waals surface area contributed by atoms with Crippen LogP contribution in [-0.2, 0) is 12.7 Å². The van der Waals surface area contributed by atoms with Gasteiger partial charge in [0.25, 0.3) is 11.5 Å². The van der Waals surface area contributed by atoms with Crippen LogP contribution in [0.4, 0.5) is 27.6 Å². The summed E-state index contributed by atoms with van der Waals surface area (Å²) in [5, 5.41) is 0.515. The van der Waals surface area contributed by atoms with Gasteiger partial charge < -0.3 is 9.88 Å². The van der Waals surface area contributed by atoms with Gasteiger partial charge in [-0.15, -0.1) is 0 Å². The van der Waals surface area contributed by atoms with E-state index in [0.29, 0.717) is 17.0 Å². The van der Waals surface area contributed by atoms with Crippen molar-refractivity contribution in [3.63, 3.8) is 0 Å². The number of carbonyl (C=O) groups is 1. The van der Waals surface area contributed by atoms with Gasteiger partial charge in [0.1, 0.15) is 17.2 Å². The molecule has 1 aromatic heterocycles. The second-order valence-corrected chi connectivity index (χ2v) is 7.27. The number of anilines is 1. The summed E-state index contributed by atoms with van der Waals surface area (Å²) in [6.45, 7) is -0.601. The number of hydrogen-bond acceptors (Lipinski definition) is 2. The molecule has 1 amide bonds. The van der Waals surface area contributed by atoms with Crippen LogP contribution in [0.15, 0.2) is 77.6 Å². The molecule has 0 saturated heterocycles. The van der Waals surface area contributed by atoms with Gasteiger partial charge >= 0.3 is 6.18 Å². The highest BCUT2D eigenvalue weighted by Crippen LogP contribution is 2.32. The summed E-state index contributed by atoms with van der Waals surface area (Å²) in [7, 11) is 0. The summed E-state index contributed by atoms with van der Waals surface area (Å²) in [4.78, 5) is 29.3. The second kappa shape index (κ2) is 8.50. The molecule has 0 atom stereocenters. The average Bonchev–Trinajstić information content (AvgIpc) is 2.78. The van der Waals surface area contributed by atoms with E-state index in [1.807, 2.05) is 0 Å². The quantitative estimate of drug-likeness (QED) is 0.401. The third-order valence-corrected chi connectivity index (χ3v) is 5.05. The van der Waals surface area contributed by atoms with E-state index in [1.165, 1.54) is 12.1 Å². The maximum Gasteiger partial charge on any atom is 0.416 e. The number of nitrogens with zero attached hydrogens (tertiary/aromatic N) is 1. The Morgan fingerprint density at radius 1 is 0.909 bits per heavy atom. The molecule has 9 heteroatoms. The van der Waals surface area contributed by atoms with Crippen LogP contribution in [-0.4, -0.2) is 10.9 Å². The molecule has 0 radical (unpaired) electrons. The van der Waals surface area contributed by atoms with E-state index in [4.69, 9.17) is 0 Å². The number of benzene rings is 3. The Morgan fingerprint density at radius 3 is 2.42 bits per heavy atom. The van der Waals surface area contributed by atoms with Crippen LogP contribution >= 0.6 is 0 Å². The lowest BCUT2D eigenvalue weighted by molar-refractivity contribution is -0.137. The van der Waals surface area contributed by atoms with Crippen LogP contribution in [0.2, 0.25) is 0 Å². The van der Waals surface area contributed by atoms with Gasteiger partial charge in [-0.25, -0.2) is 8.78 Å². The predicted octanol–water partition coefficient (Wildman–Crippen LogP) is 5.67. The van der Waals surface area contributed by atoms with E-state index in [9.17, 15) is 31.5 Å². The highest BCUT2D eigenvalue weighted by atomic mass is 19.4. The van der Waals surface area contributed by atoms with Crippen molar-refractivity contribution in [3.05, 3.63) is 111 Å². The van der Waals surface area contributed by atoms with Gasteiger partial charge in [0.05, 0.1) is 12.1 Å². The first-order valence-electron chi connectivity index (χ1n) is 9.68. The molecular formula is C24H15F5N2O2. The van der Waals surface area contributed by atoms with Crippen molar-refractivity contribution in [1.29, 1.82) is 0 Å². The molecule has 33 heavy (non-hydrogen) atoms. The van der Waals surface area contributed by atoms with Crippen LogP contribution in [0.5, 0.6) is 0 Å². The third-order valence-electron chi connectivity index (χ3n) is 5.05. The summed E-state index contributed by atoms with van der Waals surface area (Å²) in [6, 6.07) is 14.3. The minimum Gasteiger partial charge on any atom is -0.321 e. The molecule has 168 valence electrons. The Balaban J connectivity index is 1.85. The summed E-state index contributed by atoms with van der Waals surface area (Å²) in [5.74, 6) is -2.61.